The van der Waals surface area contributed by atoms with Crippen LogP contribution < -0.4 is 5.32 Å². The van der Waals surface area contributed by atoms with Crippen molar-refractivity contribution in [2.24, 2.45) is 7.05 Å². The van der Waals surface area contributed by atoms with Crippen molar-refractivity contribution >= 4 is 12.0 Å². The molecular formula is C14H23N3O. The van der Waals surface area contributed by atoms with Crippen LogP contribution in [0.5, 0.6) is 0 Å². The van der Waals surface area contributed by atoms with Gasteiger partial charge < -0.3 is 5.32 Å². The van der Waals surface area contributed by atoms with Crippen LogP contribution in [0.3, 0.4) is 0 Å². The molecule has 0 fully saturated rings. The zero-order valence-electron chi connectivity index (χ0n) is 12.2. The van der Waals surface area contributed by atoms with Gasteiger partial charge in [0, 0.05) is 29.9 Å². The summed E-state index contributed by atoms with van der Waals surface area (Å²) in [6, 6.07) is 0. The average Bonchev–Trinajstić information content (AvgIpc) is 2.50. The molecule has 0 bridgehead atoms. The van der Waals surface area contributed by atoms with E-state index in [-0.39, 0.29) is 11.4 Å². The van der Waals surface area contributed by atoms with Crippen molar-refractivity contribution in [1.82, 2.24) is 15.1 Å². The lowest BCUT2D eigenvalue weighted by molar-refractivity contribution is -0.117. The first-order valence-corrected chi connectivity index (χ1v) is 6.27. The Kier molecular flexibility index (Phi) is 4.33. The van der Waals surface area contributed by atoms with Gasteiger partial charge >= 0.3 is 0 Å². The van der Waals surface area contributed by atoms with Crippen LogP contribution in [0.4, 0.5) is 0 Å². The van der Waals surface area contributed by atoms with E-state index in [9.17, 15) is 4.79 Å². The summed E-state index contributed by atoms with van der Waals surface area (Å²) in [4.78, 5) is 11.8. The second-order valence-corrected chi connectivity index (χ2v) is 5.27. The van der Waals surface area contributed by atoms with Crippen LogP contribution in [0.1, 0.15) is 44.1 Å². The van der Waals surface area contributed by atoms with Gasteiger partial charge in [-0.3, -0.25) is 9.48 Å². The Balaban J connectivity index is 2.78. The van der Waals surface area contributed by atoms with Crippen molar-refractivity contribution in [3.63, 3.8) is 0 Å². The highest BCUT2D eigenvalue weighted by molar-refractivity contribution is 5.92. The fourth-order valence-corrected chi connectivity index (χ4v) is 1.65. The van der Waals surface area contributed by atoms with Crippen molar-refractivity contribution in [2.75, 3.05) is 0 Å². The molecule has 0 aliphatic heterocycles. The van der Waals surface area contributed by atoms with Crippen LogP contribution in [-0.4, -0.2) is 21.2 Å². The highest BCUT2D eigenvalue weighted by atomic mass is 16.1. The fraction of sp³-hybridized carbons (Fsp3) is 0.571. The molecule has 18 heavy (non-hydrogen) atoms. The van der Waals surface area contributed by atoms with E-state index in [0.29, 0.717) is 0 Å². The number of hydrogen-bond acceptors (Lipinski definition) is 2. The summed E-state index contributed by atoms with van der Waals surface area (Å²) in [5.41, 5.74) is 2.85. The average molecular weight is 249 g/mol. The second-order valence-electron chi connectivity index (χ2n) is 5.27. The highest BCUT2D eigenvalue weighted by Gasteiger charge is 2.16. The zero-order valence-corrected chi connectivity index (χ0v) is 12.2. The quantitative estimate of drug-likeness (QED) is 0.833. The molecule has 1 N–H and O–H groups in total. The van der Waals surface area contributed by atoms with Crippen molar-refractivity contribution < 1.29 is 4.79 Å². The van der Waals surface area contributed by atoms with Crippen molar-refractivity contribution in [1.29, 1.82) is 0 Å². The largest absolute Gasteiger partial charge is 0.348 e. The molecule has 0 saturated heterocycles. The molecule has 0 aliphatic rings. The van der Waals surface area contributed by atoms with Gasteiger partial charge in [0.15, 0.2) is 0 Å². The molecule has 100 valence electrons. The lowest BCUT2D eigenvalue weighted by atomic mass is 10.0. The fourth-order valence-electron chi connectivity index (χ4n) is 1.65. The Bertz CT molecular complexity index is 470. The van der Waals surface area contributed by atoms with Gasteiger partial charge in [0.05, 0.1) is 5.69 Å². The van der Waals surface area contributed by atoms with Gasteiger partial charge in [-0.2, -0.15) is 5.10 Å². The predicted octanol–water partition coefficient (Wildman–Crippen LogP) is 2.35. The van der Waals surface area contributed by atoms with Crippen LogP contribution in [0.15, 0.2) is 6.08 Å². The van der Waals surface area contributed by atoms with E-state index in [1.54, 1.807) is 6.08 Å². The third-order valence-electron chi connectivity index (χ3n) is 3.31. The minimum atomic E-state index is -0.166. The Labute approximate surface area is 109 Å². The standard InChI is InChI=1S/C14H23N3O/c1-7-14(4,5)15-13(18)9-8-12-10(2)16-17(6)11(12)3/h8-9H,7H2,1-6H3,(H,15,18). The molecular weight excluding hydrogens is 226 g/mol. The number of carbonyl (C=O) groups is 1. The molecule has 1 rings (SSSR count). The highest BCUT2D eigenvalue weighted by Crippen LogP contribution is 2.14. The summed E-state index contributed by atoms with van der Waals surface area (Å²) in [6.45, 7) is 10.0. The molecule has 0 radical (unpaired) electrons. The van der Waals surface area contributed by atoms with E-state index in [4.69, 9.17) is 0 Å². The van der Waals surface area contributed by atoms with Gasteiger partial charge in [0.1, 0.15) is 0 Å². The Morgan fingerprint density at radius 2 is 2.06 bits per heavy atom. The molecule has 1 amide bonds. The maximum absolute atomic E-state index is 11.8. The number of amides is 1. The molecule has 4 nitrogen and oxygen atoms in total. The van der Waals surface area contributed by atoms with Gasteiger partial charge in [-0.25, -0.2) is 0 Å². The SMILES string of the molecule is CCC(C)(C)NC(=O)C=Cc1c(C)nn(C)c1C. The maximum atomic E-state index is 11.8. The number of aromatic nitrogens is 2. The minimum Gasteiger partial charge on any atom is -0.348 e. The summed E-state index contributed by atoms with van der Waals surface area (Å²) >= 11 is 0. The lowest BCUT2D eigenvalue weighted by Gasteiger charge is -2.23. The number of nitrogens with one attached hydrogen (secondary N) is 1. The van der Waals surface area contributed by atoms with Crippen LogP contribution in [-0.2, 0) is 11.8 Å². The van der Waals surface area contributed by atoms with Gasteiger partial charge in [-0.05, 0) is 40.2 Å². The number of nitrogens with zero attached hydrogens (tertiary/aromatic N) is 2. The van der Waals surface area contributed by atoms with Crippen molar-refractivity contribution in [3.05, 3.63) is 23.0 Å². The molecule has 1 aromatic rings. The minimum absolute atomic E-state index is 0.0653. The first kappa shape index (κ1) is 14.5. The number of carbonyl (C=O) groups excluding carboxylic acids is 1. The molecule has 0 aromatic carbocycles. The van der Waals surface area contributed by atoms with E-state index in [0.717, 1.165) is 23.4 Å². The normalized spacial score (nSPS) is 12.1. The maximum Gasteiger partial charge on any atom is 0.244 e. The third kappa shape index (κ3) is 3.45. The Morgan fingerprint density at radius 1 is 1.44 bits per heavy atom. The second kappa shape index (κ2) is 5.38. The molecule has 0 spiro atoms. The van der Waals surface area contributed by atoms with Crippen molar-refractivity contribution in [2.45, 2.75) is 46.6 Å². The van der Waals surface area contributed by atoms with E-state index in [2.05, 4.69) is 17.3 Å². The summed E-state index contributed by atoms with van der Waals surface area (Å²) in [5.74, 6) is -0.0653. The zero-order chi connectivity index (χ0) is 13.9. The molecule has 4 heteroatoms. The molecule has 0 atom stereocenters. The van der Waals surface area contributed by atoms with Crippen LogP contribution in [0, 0.1) is 13.8 Å². The molecule has 1 heterocycles. The van der Waals surface area contributed by atoms with Crippen LogP contribution >= 0.6 is 0 Å². The van der Waals surface area contributed by atoms with Gasteiger partial charge in [0.2, 0.25) is 5.91 Å². The first-order valence-electron chi connectivity index (χ1n) is 6.27. The van der Waals surface area contributed by atoms with Crippen LogP contribution in [0.25, 0.3) is 6.08 Å². The van der Waals surface area contributed by atoms with E-state index in [1.165, 1.54) is 0 Å². The summed E-state index contributed by atoms with van der Waals surface area (Å²) < 4.78 is 1.82. The topological polar surface area (TPSA) is 46.9 Å². The number of aryl methyl sites for hydroxylation is 2. The van der Waals surface area contributed by atoms with Gasteiger partial charge in [-0.1, -0.05) is 6.92 Å². The number of rotatable bonds is 4. The summed E-state index contributed by atoms with van der Waals surface area (Å²) in [5, 5.41) is 7.28. The Hall–Kier alpha value is -1.58. The smallest absolute Gasteiger partial charge is 0.244 e. The van der Waals surface area contributed by atoms with Crippen LogP contribution in [0.2, 0.25) is 0 Å². The third-order valence-corrected chi connectivity index (χ3v) is 3.31. The van der Waals surface area contributed by atoms with E-state index < -0.39 is 0 Å². The van der Waals surface area contributed by atoms with E-state index >= 15 is 0 Å². The monoisotopic (exact) mass is 249 g/mol. The summed E-state index contributed by atoms with van der Waals surface area (Å²) in [7, 11) is 1.90. The van der Waals surface area contributed by atoms with E-state index in [1.807, 2.05) is 45.5 Å². The number of hydrogen-bond donors (Lipinski definition) is 1. The Morgan fingerprint density at radius 3 is 2.50 bits per heavy atom. The van der Waals surface area contributed by atoms with Gasteiger partial charge in [-0.15, -0.1) is 0 Å². The van der Waals surface area contributed by atoms with Crippen molar-refractivity contribution in [3.8, 4) is 0 Å². The lowest BCUT2D eigenvalue weighted by Crippen LogP contribution is -2.41. The molecule has 1 aromatic heterocycles. The first-order chi connectivity index (χ1) is 8.26. The molecule has 0 saturated carbocycles. The predicted molar refractivity (Wildman–Crippen MR) is 74.2 cm³/mol. The molecule has 0 unspecified atom stereocenters. The summed E-state index contributed by atoms with van der Waals surface area (Å²) in [6.07, 6.45) is 4.31. The molecule has 0 aliphatic carbocycles. The van der Waals surface area contributed by atoms with Gasteiger partial charge in [0.25, 0.3) is 0 Å².